The SMILES string of the molecule is CC(C)c1ccccc1-c1cc2ccccc2cc1N(c1ccc2c(c1)C(C)(C)c1cccc(-c3ccccc3)c1-2)c1ccccc1-c1ccccc1. The van der Waals surface area contributed by atoms with Gasteiger partial charge in [0.15, 0.2) is 0 Å². The molecule has 0 saturated heterocycles. The molecule has 0 fully saturated rings. The summed E-state index contributed by atoms with van der Waals surface area (Å²) < 4.78 is 0. The van der Waals surface area contributed by atoms with E-state index in [1.165, 1.54) is 77.7 Å². The van der Waals surface area contributed by atoms with Crippen LogP contribution >= 0.6 is 0 Å². The van der Waals surface area contributed by atoms with E-state index in [1.54, 1.807) is 0 Å². The smallest absolute Gasteiger partial charge is 0.0546 e. The molecule has 0 amide bonds. The molecule has 9 rings (SSSR count). The van der Waals surface area contributed by atoms with Crippen LogP contribution in [0.3, 0.4) is 0 Å². The number of nitrogens with zero attached hydrogens (tertiary/aromatic N) is 1. The van der Waals surface area contributed by atoms with Gasteiger partial charge in [0.2, 0.25) is 0 Å². The normalized spacial score (nSPS) is 12.8. The molecule has 0 unspecified atom stereocenters. The van der Waals surface area contributed by atoms with Crippen molar-refractivity contribution in [1.82, 2.24) is 0 Å². The van der Waals surface area contributed by atoms with Crippen LogP contribution in [0.25, 0.3) is 55.3 Å². The molecule has 0 heterocycles. The lowest BCUT2D eigenvalue weighted by molar-refractivity contribution is 0.660. The molecule has 8 aromatic rings. The molecule has 0 radical (unpaired) electrons. The van der Waals surface area contributed by atoms with E-state index in [4.69, 9.17) is 0 Å². The Kier molecular flexibility index (Phi) is 8.09. The third-order valence-corrected chi connectivity index (χ3v) is 11.2. The van der Waals surface area contributed by atoms with Gasteiger partial charge in [0.25, 0.3) is 0 Å². The molecule has 1 aliphatic carbocycles. The predicted octanol–water partition coefficient (Wildman–Crippen LogP) is 14.7. The summed E-state index contributed by atoms with van der Waals surface area (Å²) in [4.78, 5) is 2.53. The summed E-state index contributed by atoms with van der Waals surface area (Å²) in [5, 5.41) is 2.46. The first-order valence-electron chi connectivity index (χ1n) is 18.8. The highest BCUT2D eigenvalue weighted by Gasteiger charge is 2.38. The van der Waals surface area contributed by atoms with Crippen LogP contribution in [0.2, 0.25) is 0 Å². The Balaban J connectivity index is 1.34. The summed E-state index contributed by atoms with van der Waals surface area (Å²) in [6, 6.07) is 67.1. The number of anilines is 3. The van der Waals surface area contributed by atoms with Gasteiger partial charge in [0.1, 0.15) is 0 Å². The fourth-order valence-corrected chi connectivity index (χ4v) is 8.59. The van der Waals surface area contributed by atoms with Gasteiger partial charge in [0, 0.05) is 22.2 Å². The third-order valence-electron chi connectivity index (χ3n) is 11.2. The molecule has 0 aliphatic heterocycles. The Bertz CT molecular complexity index is 2610. The van der Waals surface area contributed by atoms with E-state index >= 15 is 0 Å². The highest BCUT2D eigenvalue weighted by atomic mass is 15.1. The molecule has 0 spiro atoms. The van der Waals surface area contributed by atoms with E-state index in [-0.39, 0.29) is 5.41 Å². The van der Waals surface area contributed by atoms with Crippen molar-refractivity contribution in [2.45, 2.75) is 39.0 Å². The van der Waals surface area contributed by atoms with Crippen molar-refractivity contribution in [1.29, 1.82) is 0 Å². The molecule has 0 bridgehead atoms. The van der Waals surface area contributed by atoms with Gasteiger partial charge in [-0.2, -0.15) is 0 Å². The Morgan fingerprint density at radius 2 is 1.00 bits per heavy atom. The van der Waals surface area contributed by atoms with Gasteiger partial charge in [-0.25, -0.2) is 0 Å². The van der Waals surface area contributed by atoms with E-state index in [0.29, 0.717) is 5.92 Å². The van der Waals surface area contributed by atoms with Crippen molar-refractivity contribution < 1.29 is 0 Å². The molecule has 0 atom stereocenters. The lowest BCUT2D eigenvalue weighted by atomic mass is 9.81. The lowest BCUT2D eigenvalue weighted by Crippen LogP contribution is -2.17. The van der Waals surface area contributed by atoms with Gasteiger partial charge in [0.05, 0.1) is 11.4 Å². The molecule has 53 heavy (non-hydrogen) atoms. The van der Waals surface area contributed by atoms with E-state index in [0.717, 1.165) is 11.4 Å². The lowest BCUT2D eigenvalue weighted by Gasteiger charge is -2.32. The molecule has 0 saturated carbocycles. The molecule has 0 N–H and O–H groups in total. The maximum absolute atomic E-state index is 2.53. The van der Waals surface area contributed by atoms with Gasteiger partial charge < -0.3 is 4.90 Å². The zero-order valence-corrected chi connectivity index (χ0v) is 30.8. The molecule has 1 nitrogen and oxygen atoms in total. The summed E-state index contributed by atoms with van der Waals surface area (Å²) in [6.45, 7) is 9.37. The monoisotopic (exact) mass is 681 g/mol. The highest BCUT2D eigenvalue weighted by Crippen LogP contribution is 2.55. The molecule has 1 heteroatoms. The fraction of sp³-hybridized carbons (Fsp3) is 0.115. The molecule has 0 aromatic heterocycles. The van der Waals surface area contributed by atoms with Crippen molar-refractivity contribution >= 4 is 27.8 Å². The maximum Gasteiger partial charge on any atom is 0.0546 e. The largest absolute Gasteiger partial charge is 0.309 e. The second-order valence-electron chi connectivity index (χ2n) is 15.1. The van der Waals surface area contributed by atoms with Crippen LogP contribution in [-0.4, -0.2) is 0 Å². The predicted molar refractivity (Wildman–Crippen MR) is 227 cm³/mol. The zero-order valence-electron chi connectivity index (χ0n) is 30.8. The molecule has 8 aromatic carbocycles. The number of para-hydroxylation sites is 1. The van der Waals surface area contributed by atoms with Crippen LogP contribution in [0.5, 0.6) is 0 Å². The minimum Gasteiger partial charge on any atom is -0.309 e. The van der Waals surface area contributed by atoms with Crippen LogP contribution < -0.4 is 4.90 Å². The Morgan fingerprint density at radius 3 is 1.72 bits per heavy atom. The van der Waals surface area contributed by atoms with Crippen LogP contribution in [0.15, 0.2) is 182 Å². The zero-order chi connectivity index (χ0) is 36.1. The van der Waals surface area contributed by atoms with Gasteiger partial charge in [-0.1, -0.05) is 179 Å². The number of benzene rings is 8. The summed E-state index contributed by atoms with van der Waals surface area (Å²) >= 11 is 0. The van der Waals surface area contributed by atoms with Crippen LogP contribution in [0, 0.1) is 0 Å². The van der Waals surface area contributed by atoms with Crippen LogP contribution in [0.1, 0.15) is 50.3 Å². The number of hydrogen-bond donors (Lipinski definition) is 0. The molecule has 1 aliphatic rings. The average molecular weight is 682 g/mol. The average Bonchev–Trinajstić information content (AvgIpc) is 3.44. The molecule has 256 valence electrons. The van der Waals surface area contributed by atoms with E-state index in [2.05, 4.69) is 215 Å². The van der Waals surface area contributed by atoms with Gasteiger partial charge >= 0.3 is 0 Å². The minimum atomic E-state index is -0.188. The van der Waals surface area contributed by atoms with Gasteiger partial charge in [-0.15, -0.1) is 0 Å². The highest BCUT2D eigenvalue weighted by molar-refractivity contribution is 6.02. The van der Waals surface area contributed by atoms with E-state index in [1.807, 2.05) is 0 Å². The summed E-state index contributed by atoms with van der Waals surface area (Å²) in [6.07, 6.45) is 0. The summed E-state index contributed by atoms with van der Waals surface area (Å²) in [7, 11) is 0. The van der Waals surface area contributed by atoms with Crippen molar-refractivity contribution in [3.8, 4) is 44.5 Å². The van der Waals surface area contributed by atoms with E-state index in [9.17, 15) is 0 Å². The summed E-state index contributed by atoms with van der Waals surface area (Å²) in [5.41, 5.74) is 17.4. The third kappa shape index (κ3) is 5.56. The van der Waals surface area contributed by atoms with Gasteiger partial charge in [-0.3, -0.25) is 0 Å². The summed E-state index contributed by atoms with van der Waals surface area (Å²) in [5.74, 6) is 0.369. The standard InChI is InChI=1S/C52H43N/c1-35(2)41-24-13-14-26-44(41)46-32-38-22-11-12-23-39(38)33-50(46)53(49-29-16-15-25-42(49)36-18-7-5-8-19-36)40-30-31-45-48(34-40)52(3,4)47-28-17-27-43(51(45)47)37-20-9-6-10-21-37/h5-35H,1-4H3. The number of fused-ring (bicyclic) bond motifs is 4. The topological polar surface area (TPSA) is 3.24 Å². The number of rotatable bonds is 7. The Labute approximate surface area is 313 Å². The first kappa shape index (κ1) is 32.7. The minimum absolute atomic E-state index is 0.188. The maximum atomic E-state index is 2.53. The van der Waals surface area contributed by atoms with Crippen LogP contribution in [-0.2, 0) is 5.41 Å². The van der Waals surface area contributed by atoms with Crippen molar-refractivity contribution in [3.63, 3.8) is 0 Å². The van der Waals surface area contributed by atoms with Gasteiger partial charge in [-0.05, 0) is 97.1 Å². The van der Waals surface area contributed by atoms with Crippen molar-refractivity contribution in [2.75, 3.05) is 4.90 Å². The van der Waals surface area contributed by atoms with Crippen molar-refractivity contribution in [2.24, 2.45) is 0 Å². The quantitative estimate of drug-likeness (QED) is 0.162. The Hall–Kier alpha value is -6.18. The Morgan fingerprint density at radius 1 is 0.415 bits per heavy atom. The number of hydrogen-bond acceptors (Lipinski definition) is 1. The first-order chi connectivity index (χ1) is 25.9. The van der Waals surface area contributed by atoms with Crippen LogP contribution in [0.4, 0.5) is 17.1 Å². The van der Waals surface area contributed by atoms with Crippen molar-refractivity contribution in [3.05, 3.63) is 199 Å². The second-order valence-corrected chi connectivity index (χ2v) is 15.1. The van der Waals surface area contributed by atoms with E-state index < -0.39 is 0 Å². The second kappa shape index (κ2) is 13.1. The molecular weight excluding hydrogens is 639 g/mol. The first-order valence-corrected chi connectivity index (χ1v) is 18.8. The fourth-order valence-electron chi connectivity index (χ4n) is 8.59. The molecular formula is C52H43N.